The van der Waals surface area contributed by atoms with Gasteiger partial charge in [-0.25, -0.2) is 0 Å². The summed E-state index contributed by atoms with van der Waals surface area (Å²) in [6.45, 7) is 0.421. The lowest BCUT2D eigenvalue weighted by Crippen LogP contribution is -2.06. The van der Waals surface area contributed by atoms with Gasteiger partial charge in [-0.1, -0.05) is 29.3 Å². The number of nitrogens with one attached hydrogen (secondary N) is 1. The molecule has 0 aromatic heterocycles. The third-order valence-electron chi connectivity index (χ3n) is 2.83. The number of phenols is 1. The molecule has 110 valence electrons. The smallest absolute Gasteiger partial charge is 0.161 e. The van der Waals surface area contributed by atoms with E-state index in [-0.39, 0.29) is 5.75 Å². The molecule has 0 heterocycles. The Labute approximate surface area is 133 Å². The van der Waals surface area contributed by atoms with Crippen LogP contribution in [0.15, 0.2) is 41.5 Å². The van der Waals surface area contributed by atoms with Gasteiger partial charge in [0.1, 0.15) is 0 Å². The Morgan fingerprint density at radius 1 is 1.24 bits per heavy atom. The van der Waals surface area contributed by atoms with E-state index in [2.05, 4.69) is 10.5 Å². The van der Waals surface area contributed by atoms with Crippen molar-refractivity contribution in [2.45, 2.75) is 6.54 Å². The molecule has 0 atom stereocenters. The van der Waals surface area contributed by atoms with Crippen LogP contribution in [0.1, 0.15) is 11.1 Å². The van der Waals surface area contributed by atoms with Crippen LogP contribution in [0.2, 0.25) is 10.0 Å². The van der Waals surface area contributed by atoms with Crippen LogP contribution < -0.4 is 10.2 Å². The first-order valence-corrected chi connectivity index (χ1v) is 6.93. The molecule has 0 aliphatic heterocycles. The number of benzene rings is 2. The van der Waals surface area contributed by atoms with Crippen LogP contribution in [0, 0.1) is 0 Å². The maximum atomic E-state index is 9.50. The molecule has 21 heavy (non-hydrogen) atoms. The Hall–Kier alpha value is -1.91. The van der Waals surface area contributed by atoms with Crippen molar-refractivity contribution in [2.75, 3.05) is 7.11 Å². The van der Waals surface area contributed by atoms with Crippen molar-refractivity contribution in [1.29, 1.82) is 0 Å². The van der Waals surface area contributed by atoms with E-state index in [1.807, 2.05) is 0 Å². The second-order valence-electron chi connectivity index (χ2n) is 4.22. The Bertz CT molecular complexity index is 640. The summed E-state index contributed by atoms with van der Waals surface area (Å²) >= 11 is 12.1. The van der Waals surface area contributed by atoms with E-state index in [4.69, 9.17) is 27.9 Å². The normalized spacial score (nSPS) is 10.8. The highest BCUT2D eigenvalue weighted by Gasteiger charge is 2.04. The Kier molecular flexibility index (Phi) is 5.31. The van der Waals surface area contributed by atoms with Crippen molar-refractivity contribution >= 4 is 29.4 Å². The fourth-order valence-electron chi connectivity index (χ4n) is 1.72. The molecule has 2 N–H and O–H groups in total. The zero-order chi connectivity index (χ0) is 15.2. The summed E-state index contributed by atoms with van der Waals surface area (Å²) in [5.41, 5.74) is 4.47. The largest absolute Gasteiger partial charge is 0.504 e. The van der Waals surface area contributed by atoms with Crippen LogP contribution in [0.4, 0.5) is 0 Å². The summed E-state index contributed by atoms with van der Waals surface area (Å²) < 4.78 is 5.03. The SMILES string of the molecule is COc1cc(/C=N\NCc2c(Cl)cccc2Cl)ccc1O. The van der Waals surface area contributed by atoms with E-state index in [1.165, 1.54) is 7.11 Å². The first-order chi connectivity index (χ1) is 10.1. The zero-order valence-corrected chi connectivity index (χ0v) is 12.8. The van der Waals surface area contributed by atoms with Crippen LogP contribution in [0.3, 0.4) is 0 Å². The monoisotopic (exact) mass is 324 g/mol. The lowest BCUT2D eigenvalue weighted by atomic mass is 10.2. The summed E-state index contributed by atoms with van der Waals surface area (Å²) in [5, 5.41) is 14.8. The van der Waals surface area contributed by atoms with Gasteiger partial charge in [-0.15, -0.1) is 0 Å². The molecular formula is C15H14Cl2N2O2. The van der Waals surface area contributed by atoms with Crippen molar-refractivity contribution in [3.8, 4) is 11.5 Å². The number of halogens is 2. The van der Waals surface area contributed by atoms with E-state index in [0.29, 0.717) is 22.3 Å². The first kappa shape index (κ1) is 15.5. The molecule has 0 bridgehead atoms. The topological polar surface area (TPSA) is 53.8 Å². The number of nitrogens with zero attached hydrogens (tertiary/aromatic N) is 1. The van der Waals surface area contributed by atoms with Gasteiger partial charge in [0, 0.05) is 15.6 Å². The van der Waals surface area contributed by atoms with E-state index in [0.717, 1.165) is 11.1 Å². The fourth-order valence-corrected chi connectivity index (χ4v) is 2.25. The van der Waals surface area contributed by atoms with E-state index in [1.54, 1.807) is 42.6 Å². The molecular weight excluding hydrogens is 311 g/mol. The molecule has 0 radical (unpaired) electrons. The minimum atomic E-state index is 0.0884. The molecule has 4 nitrogen and oxygen atoms in total. The van der Waals surface area contributed by atoms with E-state index < -0.39 is 0 Å². The highest BCUT2D eigenvalue weighted by Crippen LogP contribution is 2.26. The number of methoxy groups -OCH3 is 1. The molecule has 2 rings (SSSR count). The fraction of sp³-hybridized carbons (Fsp3) is 0.133. The predicted octanol–water partition coefficient (Wildman–Crippen LogP) is 3.83. The standard InChI is InChI=1S/C15H14Cl2N2O2/c1-21-15-7-10(5-6-14(15)20)8-18-19-9-11-12(16)3-2-4-13(11)17/h2-8,19-20H,9H2,1H3/b18-8-. The van der Waals surface area contributed by atoms with Gasteiger partial charge in [0.2, 0.25) is 0 Å². The summed E-state index contributed by atoms with van der Waals surface area (Å²) in [6, 6.07) is 10.3. The minimum Gasteiger partial charge on any atom is -0.504 e. The number of rotatable bonds is 5. The molecule has 0 saturated heterocycles. The van der Waals surface area contributed by atoms with Crippen LogP contribution in [-0.2, 0) is 6.54 Å². The number of hydrogen-bond acceptors (Lipinski definition) is 4. The lowest BCUT2D eigenvalue weighted by Gasteiger charge is -2.06. The van der Waals surface area contributed by atoms with Crippen molar-refractivity contribution in [1.82, 2.24) is 5.43 Å². The van der Waals surface area contributed by atoms with Crippen LogP contribution >= 0.6 is 23.2 Å². The zero-order valence-electron chi connectivity index (χ0n) is 11.3. The summed E-state index contributed by atoms with van der Waals surface area (Å²) in [5.74, 6) is 0.485. The summed E-state index contributed by atoms with van der Waals surface area (Å²) in [4.78, 5) is 0. The van der Waals surface area contributed by atoms with Crippen LogP contribution in [-0.4, -0.2) is 18.4 Å². The Morgan fingerprint density at radius 3 is 2.62 bits per heavy atom. The quantitative estimate of drug-likeness (QED) is 0.649. The molecule has 0 spiro atoms. The molecule has 2 aromatic rings. The maximum absolute atomic E-state index is 9.50. The van der Waals surface area contributed by atoms with Crippen molar-refractivity contribution < 1.29 is 9.84 Å². The summed E-state index contributed by atoms with van der Waals surface area (Å²) in [6.07, 6.45) is 1.62. The predicted molar refractivity (Wildman–Crippen MR) is 85.6 cm³/mol. The van der Waals surface area contributed by atoms with Gasteiger partial charge in [-0.05, 0) is 35.9 Å². The number of aromatic hydroxyl groups is 1. The molecule has 2 aromatic carbocycles. The second-order valence-corrected chi connectivity index (χ2v) is 5.04. The van der Waals surface area contributed by atoms with Gasteiger partial charge in [0.25, 0.3) is 0 Å². The third-order valence-corrected chi connectivity index (χ3v) is 3.53. The third kappa shape index (κ3) is 4.03. The second kappa shape index (κ2) is 7.20. The van der Waals surface area contributed by atoms with Gasteiger partial charge >= 0.3 is 0 Å². The van der Waals surface area contributed by atoms with Gasteiger partial charge in [-0.3, -0.25) is 0 Å². The van der Waals surface area contributed by atoms with E-state index in [9.17, 15) is 5.11 Å². The number of phenolic OH excluding ortho intramolecular Hbond substituents is 1. The average Bonchev–Trinajstić information content (AvgIpc) is 2.47. The van der Waals surface area contributed by atoms with E-state index >= 15 is 0 Å². The van der Waals surface area contributed by atoms with Crippen molar-refractivity contribution in [3.63, 3.8) is 0 Å². The average molecular weight is 325 g/mol. The molecule has 0 fully saturated rings. The summed E-state index contributed by atoms with van der Waals surface area (Å²) in [7, 11) is 1.49. The van der Waals surface area contributed by atoms with Gasteiger partial charge < -0.3 is 15.3 Å². The highest BCUT2D eigenvalue weighted by atomic mass is 35.5. The molecule has 0 aliphatic rings. The van der Waals surface area contributed by atoms with Crippen LogP contribution in [0.5, 0.6) is 11.5 Å². The van der Waals surface area contributed by atoms with Crippen LogP contribution in [0.25, 0.3) is 0 Å². The maximum Gasteiger partial charge on any atom is 0.161 e. The highest BCUT2D eigenvalue weighted by molar-refractivity contribution is 6.35. The Balaban J connectivity index is 2.00. The first-order valence-electron chi connectivity index (χ1n) is 6.17. The minimum absolute atomic E-state index is 0.0884. The van der Waals surface area contributed by atoms with Gasteiger partial charge in [-0.2, -0.15) is 5.10 Å². The molecule has 0 amide bonds. The Morgan fingerprint density at radius 2 is 1.95 bits per heavy atom. The van der Waals surface area contributed by atoms with Gasteiger partial charge in [0.05, 0.1) is 19.9 Å². The lowest BCUT2D eigenvalue weighted by molar-refractivity contribution is 0.373. The number of hydrazone groups is 1. The van der Waals surface area contributed by atoms with Crippen molar-refractivity contribution in [3.05, 3.63) is 57.6 Å². The molecule has 6 heteroatoms. The number of hydrogen-bond donors (Lipinski definition) is 2. The molecule has 0 unspecified atom stereocenters. The van der Waals surface area contributed by atoms with Gasteiger partial charge in [0.15, 0.2) is 11.5 Å². The molecule has 0 aliphatic carbocycles. The van der Waals surface area contributed by atoms with Crippen molar-refractivity contribution in [2.24, 2.45) is 5.10 Å². The number of ether oxygens (including phenoxy) is 1. The molecule has 0 saturated carbocycles.